The number of hydrogen-bond acceptors (Lipinski definition) is 4. The zero-order chi connectivity index (χ0) is 14.4. The van der Waals surface area contributed by atoms with E-state index < -0.39 is 0 Å². The Balaban J connectivity index is 1.79. The summed E-state index contributed by atoms with van der Waals surface area (Å²) in [6.45, 7) is 4.15. The number of hydrogen-bond donors (Lipinski definition) is 2. The predicted molar refractivity (Wildman–Crippen MR) is 80.2 cm³/mol. The first-order chi connectivity index (χ1) is 9.69. The summed E-state index contributed by atoms with van der Waals surface area (Å²) in [6, 6.07) is 7.83. The van der Waals surface area contributed by atoms with Crippen LogP contribution in [0.1, 0.15) is 0 Å². The molecule has 0 aromatic heterocycles. The largest absolute Gasteiger partial charge is 0.395 e. The Labute approximate surface area is 124 Å². The minimum Gasteiger partial charge on any atom is -0.395 e. The number of halogens is 1. The van der Waals surface area contributed by atoms with Crippen molar-refractivity contribution in [1.29, 1.82) is 0 Å². The summed E-state index contributed by atoms with van der Waals surface area (Å²) >= 11 is 6.00. The van der Waals surface area contributed by atoms with Crippen molar-refractivity contribution < 1.29 is 9.90 Å². The molecular weight excluding hydrogens is 278 g/mol. The van der Waals surface area contributed by atoms with Gasteiger partial charge in [-0.05, 0) is 18.2 Å². The minimum absolute atomic E-state index is 0.0196. The summed E-state index contributed by atoms with van der Waals surface area (Å²) in [6.07, 6.45) is 0. The third kappa shape index (κ3) is 4.37. The van der Waals surface area contributed by atoms with Crippen LogP contribution in [0.4, 0.5) is 5.69 Å². The summed E-state index contributed by atoms with van der Waals surface area (Å²) in [5, 5.41) is 12.1. The highest BCUT2D eigenvalue weighted by atomic mass is 35.5. The SMILES string of the molecule is O=C(CN1CCN(c2cccc(Cl)c2)CC1)NCCO. The lowest BCUT2D eigenvalue weighted by atomic mass is 10.2. The molecule has 1 fully saturated rings. The Morgan fingerprint density at radius 1 is 1.30 bits per heavy atom. The lowest BCUT2D eigenvalue weighted by Gasteiger charge is -2.35. The summed E-state index contributed by atoms with van der Waals surface area (Å²) in [5.41, 5.74) is 1.13. The Morgan fingerprint density at radius 2 is 2.05 bits per heavy atom. The molecule has 1 heterocycles. The van der Waals surface area contributed by atoms with Crippen molar-refractivity contribution >= 4 is 23.2 Å². The van der Waals surface area contributed by atoms with E-state index in [1.165, 1.54) is 0 Å². The van der Waals surface area contributed by atoms with Gasteiger partial charge in [0, 0.05) is 43.4 Å². The molecule has 110 valence electrons. The number of nitrogens with one attached hydrogen (secondary N) is 1. The minimum atomic E-state index is -0.0322. The first-order valence-corrected chi connectivity index (χ1v) is 7.17. The molecule has 0 atom stereocenters. The van der Waals surface area contributed by atoms with E-state index in [1.54, 1.807) is 0 Å². The topological polar surface area (TPSA) is 55.8 Å². The molecule has 0 saturated carbocycles. The van der Waals surface area contributed by atoms with Crippen molar-refractivity contribution in [2.45, 2.75) is 0 Å². The van der Waals surface area contributed by atoms with E-state index in [4.69, 9.17) is 16.7 Å². The highest BCUT2D eigenvalue weighted by Gasteiger charge is 2.19. The molecule has 1 amide bonds. The second-order valence-corrected chi connectivity index (χ2v) is 5.25. The maximum Gasteiger partial charge on any atom is 0.234 e. The average Bonchev–Trinajstić information content (AvgIpc) is 2.46. The fraction of sp³-hybridized carbons (Fsp3) is 0.500. The monoisotopic (exact) mass is 297 g/mol. The van der Waals surface area contributed by atoms with Crippen LogP contribution in [0.2, 0.25) is 5.02 Å². The van der Waals surface area contributed by atoms with Crippen molar-refractivity contribution in [3.8, 4) is 0 Å². The van der Waals surface area contributed by atoms with Gasteiger partial charge in [-0.15, -0.1) is 0 Å². The standard InChI is InChI=1S/C14H20ClN3O2/c15-12-2-1-3-13(10-12)18-7-5-17(6-8-18)11-14(20)16-4-9-19/h1-3,10,19H,4-9,11H2,(H,16,20). The van der Waals surface area contributed by atoms with E-state index >= 15 is 0 Å². The molecule has 0 spiro atoms. The maximum absolute atomic E-state index is 11.6. The molecule has 1 aliphatic heterocycles. The molecule has 0 bridgehead atoms. The summed E-state index contributed by atoms with van der Waals surface area (Å²) in [4.78, 5) is 16.0. The van der Waals surface area contributed by atoms with E-state index in [-0.39, 0.29) is 12.5 Å². The third-order valence-corrected chi connectivity index (χ3v) is 3.58. The molecule has 1 aromatic rings. The predicted octanol–water partition coefficient (Wildman–Crippen LogP) is 0.571. The first-order valence-electron chi connectivity index (χ1n) is 6.79. The van der Waals surface area contributed by atoms with Crippen LogP contribution in [0.15, 0.2) is 24.3 Å². The average molecular weight is 298 g/mol. The van der Waals surface area contributed by atoms with Crippen LogP contribution in [0.5, 0.6) is 0 Å². The van der Waals surface area contributed by atoms with Crippen LogP contribution in [-0.2, 0) is 4.79 Å². The summed E-state index contributed by atoms with van der Waals surface area (Å²) in [7, 11) is 0. The van der Waals surface area contributed by atoms with Gasteiger partial charge in [-0.3, -0.25) is 9.69 Å². The number of amides is 1. The van der Waals surface area contributed by atoms with Crippen molar-refractivity contribution in [1.82, 2.24) is 10.2 Å². The second kappa shape index (κ2) is 7.47. The van der Waals surface area contributed by atoms with Gasteiger partial charge in [-0.25, -0.2) is 0 Å². The van der Waals surface area contributed by atoms with Crippen molar-refractivity contribution in [2.75, 3.05) is 50.8 Å². The Morgan fingerprint density at radius 3 is 2.70 bits per heavy atom. The maximum atomic E-state index is 11.6. The number of carbonyl (C=O) groups is 1. The van der Waals surface area contributed by atoms with Crippen LogP contribution in [0, 0.1) is 0 Å². The molecule has 0 aliphatic carbocycles. The van der Waals surface area contributed by atoms with E-state index in [9.17, 15) is 4.79 Å². The molecule has 1 aliphatic rings. The molecular formula is C14H20ClN3O2. The lowest BCUT2D eigenvalue weighted by Crippen LogP contribution is -2.49. The van der Waals surface area contributed by atoms with Gasteiger partial charge in [0.25, 0.3) is 0 Å². The number of benzene rings is 1. The number of piperazine rings is 1. The van der Waals surface area contributed by atoms with E-state index in [1.807, 2.05) is 18.2 Å². The molecule has 0 unspecified atom stereocenters. The third-order valence-electron chi connectivity index (χ3n) is 3.35. The summed E-state index contributed by atoms with van der Waals surface area (Å²) in [5.74, 6) is -0.0322. The van der Waals surface area contributed by atoms with Crippen LogP contribution in [0.3, 0.4) is 0 Å². The Hall–Kier alpha value is -1.30. The van der Waals surface area contributed by atoms with Gasteiger partial charge in [0.05, 0.1) is 13.2 Å². The van der Waals surface area contributed by atoms with Gasteiger partial charge in [0.2, 0.25) is 5.91 Å². The molecule has 20 heavy (non-hydrogen) atoms. The van der Waals surface area contributed by atoms with E-state index in [0.29, 0.717) is 13.1 Å². The normalized spacial score (nSPS) is 16.2. The number of carbonyl (C=O) groups excluding carboxylic acids is 1. The first kappa shape index (κ1) is 15.1. The van der Waals surface area contributed by atoms with Crippen LogP contribution >= 0.6 is 11.6 Å². The van der Waals surface area contributed by atoms with Gasteiger partial charge in [0.15, 0.2) is 0 Å². The molecule has 2 N–H and O–H groups in total. The molecule has 2 rings (SSSR count). The summed E-state index contributed by atoms with van der Waals surface area (Å²) < 4.78 is 0. The fourth-order valence-electron chi connectivity index (χ4n) is 2.29. The van der Waals surface area contributed by atoms with Crippen LogP contribution < -0.4 is 10.2 Å². The highest BCUT2D eigenvalue weighted by Crippen LogP contribution is 2.20. The molecule has 1 saturated heterocycles. The number of rotatable bonds is 5. The van der Waals surface area contributed by atoms with Gasteiger partial charge in [-0.1, -0.05) is 17.7 Å². The van der Waals surface area contributed by atoms with E-state index in [0.717, 1.165) is 36.9 Å². The Kier molecular flexibility index (Phi) is 5.64. The fourth-order valence-corrected chi connectivity index (χ4v) is 2.48. The van der Waals surface area contributed by atoms with Gasteiger partial charge in [-0.2, -0.15) is 0 Å². The number of aliphatic hydroxyl groups excluding tert-OH is 1. The number of anilines is 1. The Bertz CT molecular complexity index is 448. The number of aliphatic hydroxyl groups is 1. The van der Waals surface area contributed by atoms with Crippen LogP contribution in [0.25, 0.3) is 0 Å². The van der Waals surface area contributed by atoms with Gasteiger partial charge >= 0.3 is 0 Å². The lowest BCUT2D eigenvalue weighted by molar-refractivity contribution is -0.122. The second-order valence-electron chi connectivity index (χ2n) is 4.82. The molecule has 0 radical (unpaired) electrons. The van der Waals surface area contributed by atoms with E-state index in [2.05, 4.69) is 21.2 Å². The zero-order valence-electron chi connectivity index (χ0n) is 11.4. The zero-order valence-corrected chi connectivity index (χ0v) is 12.1. The van der Waals surface area contributed by atoms with Crippen molar-refractivity contribution in [2.24, 2.45) is 0 Å². The molecule has 6 heteroatoms. The molecule has 1 aromatic carbocycles. The quantitative estimate of drug-likeness (QED) is 0.834. The van der Waals surface area contributed by atoms with Crippen molar-refractivity contribution in [3.05, 3.63) is 29.3 Å². The van der Waals surface area contributed by atoms with Gasteiger partial charge in [0.1, 0.15) is 0 Å². The smallest absolute Gasteiger partial charge is 0.234 e. The van der Waals surface area contributed by atoms with Gasteiger partial charge < -0.3 is 15.3 Å². The molecule has 5 nitrogen and oxygen atoms in total. The van der Waals surface area contributed by atoms with Crippen molar-refractivity contribution in [3.63, 3.8) is 0 Å². The number of nitrogens with zero attached hydrogens (tertiary/aromatic N) is 2. The highest BCUT2D eigenvalue weighted by molar-refractivity contribution is 6.30. The van der Waals surface area contributed by atoms with Crippen LogP contribution in [-0.4, -0.2) is 61.8 Å².